The molecule has 1 N–H and O–H groups in total. The van der Waals surface area contributed by atoms with Crippen molar-refractivity contribution in [1.82, 2.24) is 9.88 Å². The maximum Gasteiger partial charge on any atom is 0.240 e. The molecule has 140 valence electrons. The number of carbonyl (C=O) groups is 1. The van der Waals surface area contributed by atoms with Crippen molar-refractivity contribution in [3.63, 3.8) is 0 Å². The van der Waals surface area contributed by atoms with Crippen LogP contribution in [0.15, 0.2) is 16.9 Å². The number of rotatable bonds is 3. The van der Waals surface area contributed by atoms with Crippen LogP contribution in [0.4, 0.5) is 0 Å². The van der Waals surface area contributed by atoms with Gasteiger partial charge >= 0.3 is 0 Å². The summed E-state index contributed by atoms with van der Waals surface area (Å²) in [6, 6.07) is 3.49. The zero-order valence-electron chi connectivity index (χ0n) is 16.0. The molecule has 1 aromatic heterocycles. The van der Waals surface area contributed by atoms with E-state index in [4.69, 9.17) is 0 Å². The molecule has 1 heterocycles. The SMILES string of the molecule is Cc1cc(=O)cc(C)n1CC(=O)NC1CCCCCCCCCCC1. The summed E-state index contributed by atoms with van der Waals surface area (Å²) >= 11 is 0. The van der Waals surface area contributed by atoms with Crippen molar-refractivity contribution < 1.29 is 4.79 Å². The number of amides is 1. The van der Waals surface area contributed by atoms with Crippen LogP contribution in [0.2, 0.25) is 0 Å². The monoisotopic (exact) mass is 346 g/mol. The third-order valence-corrected chi connectivity index (χ3v) is 5.33. The number of pyridine rings is 1. The Kier molecular flexibility index (Phi) is 8.23. The highest BCUT2D eigenvalue weighted by molar-refractivity contribution is 5.76. The maximum atomic E-state index is 12.5. The Hall–Kier alpha value is -1.58. The second-order valence-electron chi connectivity index (χ2n) is 7.58. The minimum Gasteiger partial charge on any atom is -0.352 e. The fraction of sp³-hybridized carbons (Fsp3) is 0.714. The van der Waals surface area contributed by atoms with Gasteiger partial charge < -0.3 is 9.88 Å². The van der Waals surface area contributed by atoms with Gasteiger partial charge in [-0.05, 0) is 26.7 Å². The summed E-state index contributed by atoms with van der Waals surface area (Å²) in [5.74, 6) is 0.0620. The lowest BCUT2D eigenvalue weighted by molar-refractivity contribution is -0.122. The lowest BCUT2D eigenvalue weighted by Gasteiger charge is -2.21. The highest BCUT2D eigenvalue weighted by atomic mass is 16.2. The van der Waals surface area contributed by atoms with E-state index in [1.165, 1.54) is 57.8 Å². The average molecular weight is 347 g/mol. The van der Waals surface area contributed by atoms with E-state index >= 15 is 0 Å². The van der Waals surface area contributed by atoms with Crippen molar-refractivity contribution in [1.29, 1.82) is 0 Å². The van der Waals surface area contributed by atoms with Crippen molar-refractivity contribution in [3.8, 4) is 0 Å². The van der Waals surface area contributed by atoms with Crippen LogP contribution in [-0.4, -0.2) is 16.5 Å². The summed E-state index contributed by atoms with van der Waals surface area (Å²) in [7, 11) is 0. The molecule has 2 rings (SSSR count). The number of nitrogens with zero attached hydrogens (tertiary/aromatic N) is 1. The molecule has 1 aliphatic rings. The summed E-state index contributed by atoms with van der Waals surface area (Å²) in [5.41, 5.74) is 1.70. The maximum absolute atomic E-state index is 12.5. The molecule has 1 saturated carbocycles. The van der Waals surface area contributed by atoms with Crippen LogP contribution in [0.1, 0.15) is 82.0 Å². The van der Waals surface area contributed by atoms with Gasteiger partial charge in [-0.25, -0.2) is 0 Å². The summed E-state index contributed by atoms with van der Waals surface area (Å²) in [5, 5.41) is 3.25. The van der Waals surface area contributed by atoms with Gasteiger partial charge in [0.05, 0.1) is 0 Å². The van der Waals surface area contributed by atoms with Crippen LogP contribution in [0.5, 0.6) is 0 Å². The van der Waals surface area contributed by atoms with Crippen LogP contribution in [0.25, 0.3) is 0 Å². The highest BCUT2D eigenvalue weighted by Crippen LogP contribution is 2.17. The first-order valence-corrected chi connectivity index (χ1v) is 10.0. The van der Waals surface area contributed by atoms with Crippen molar-refractivity contribution in [2.75, 3.05) is 0 Å². The Morgan fingerprint density at radius 1 is 0.920 bits per heavy atom. The molecule has 0 spiro atoms. The van der Waals surface area contributed by atoms with E-state index in [0.717, 1.165) is 24.2 Å². The molecule has 1 aliphatic carbocycles. The van der Waals surface area contributed by atoms with E-state index < -0.39 is 0 Å². The molecule has 0 aromatic carbocycles. The molecule has 4 nitrogen and oxygen atoms in total. The number of aryl methyl sites for hydroxylation is 2. The van der Waals surface area contributed by atoms with E-state index in [-0.39, 0.29) is 11.3 Å². The zero-order chi connectivity index (χ0) is 18.1. The molecule has 1 amide bonds. The number of carbonyl (C=O) groups excluding carboxylic acids is 1. The largest absolute Gasteiger partial charge is 0.352 e. The van der Waals surface area contributed by atoms with Crippen LogP contribution in [0.3, 0.4) is 0 Å². The van der Waals surface area contributed by atoms with Crippen molar-refractivity contribution in [2.45, 2.75) is 97.1 Å². The van der Waals surface area contributed by atoms with Gasteiger partial charge in [0, 0.05) is 29.6 Å². The highest BCUT2D eigenvalue weighted by Gasteiger charge is 2.14. The fourth-order valence-electron chi connectivity index (χ4n) is 3.86. The molecule has 0 radical (unpaired) electrons. The van der Waals surface area contributed by atoms with Crippen molar-refractivity contribution in [2.24, 2.45) is 0 Å². The third kappa shape index (κ3) is 7.05. The molecular weight excluding hydrogens is 312 g/mol. The standard InChI is InChI=1S/C21H34N2O2/c1-17-14-20(24)15-18(2)23(17)16-21(25)22-19-12-10-8-6-4-3-5-7-9-11-13-19/h14-15,19H,3-13,16H2,1-2H3,(H,22,25). The lowest BCUT2D eigenvalue weighted by atomic mass is 9.98. The van der Waals surface area contributed by atoms with Gasteiger partial charge in [0.2, 0.25) is 5.91 Å². The molecule has 1 aromatic rings. The predicted octanol–water partition coefficient (Wildman–Crippen LogP) is 4.25. The van der Waals surface area contributed by atoms with Gasteiger partial charge in [0.1, 0.15) is 6.54 Å². The van der Waals surface area contributed by atoms with Gasteiger partial charge in [0.25, 0.3) is 0 Å². The second-order valence-corrected chi connectivity index (χ2v) is 7.58. The molecule has 25 heavy (non-hydrogen) atoms. The fourth-order valence-corrected chi connectivity index (χ4v) is 3.86. The topological polar surface area (TPSA) is 51.1 Å². The Labute approximate surface area is 152 Å². The van der Waals surface area contributed by atoms with Crippen molar-refractivity contribution >= 4 is 5.91 Å². The Bertz CT molecular complexity index is 568. The first-order valence-electron chi connectivity index (χ1n) is 10.0. The summed E-state index contributed by atoms with van der Waals surface area (Å²) < 4.78 is 1.92. The second kappa shape index (κ2) is 10.4. The summed E-state index contributed by atoms with van der Waals surface area (Å²) in [4.78, 5) is 24.1. The molecule has 1 fully saturated rings. The van der Waals surface area contributed by atoms with E-state index in [1.54, 1.807) is 12.1 Å². The molecule has 0 atom stereocenters. The normalized spacial score (nSPS) is 18.2. The van der Waals surface area contributed by atoms with Gasteiger partial charge in [-0.3, -0.25) is 9.59 Å². The van der Waals surface area contributed by atoms with Gasteiger partial charge in [0.15, 0.2) is 5.43 Å². The molecule has 0 saturated heterocycles. The number of hydrogen-bond donors (Lipinski definition) is 1. The van der Waals surface area contributed by atoms with Crippen LogP contribution in [-0.2, 0) is 11.3 Å². The predicted molar refractivity (Wildman–Crippen MR) is 103 cm³/mol. The van der Waals surface area contributed by atoms with E-state index in [9.17, 15) is 9.59 Å². The Balaban J connectivity index is 1.91. The Morgan fingerprint density at radius 2 is 1.36 bits per heavy atom. The van der Waals surface area contributed by atoms with Gasteiger partial charge in [-0.15, -0.1) is 0 Å². The van der Waals surface area contributed by atoms with E-state index in [2.05, 4.69) is 5.32 Å². The smallest absolute Gasteiger partial charge is 0.240 e. The number of hydrogen-bond acceptors (Lipinski definition) is 2. The number of aromatic nitrogens is 1. The molecule has 0 unspecified atom stereocenters. The average Bonchev–Trinajstić information content (AvgIpc) is 2.53. The first-order chi connectivity index (χ1) is 12.1. The van der Waals surface area contributed by atoms with Crippen molar-refractivity contribution in [3.05, 3.63) is 33.7 Å². The third-order valence-electron chi connectivity index (χ3n) is 5.33. The van der Waals surface area contributed by atoms with Gasteiger partial charge in [-0.1, -0.05) is 57.8 Å². The summed E-state index contributed by atoms with van der Waals surface area (Å²) in [6.45, 7) is 4.07. The van der Waals surface area contributed by atoms with E-state index in [1.807, 2.05) is 18.4 Å². The minimum atomic E-state index is 0.00553. The molecule has 0 bridgehead atoms. The number of nitrogens with one attached hydrogen (secondary N) is 1. The summed E-state index contributed by atoms with van der Waals surface area (Å²) in [6.07, 6.45) is 13.9. The lowest BCUT2D eigenvalue weighted by Crippen LogP contribution is -2.37. The van der Waals surface area contributed by atoms with Crippen LogP contribution < -0.4 is 10.7 Å². The van der Waals surface area contributed by atoms with E-state index in [0.29, 0.717) is 12.6 Å². The van der Waals surface area contributed by atoms with Gasteiger partial charge in [-0.2, -0.15) is 0 Å². The van der Waals surface area contributed by atoms with Crippen LogP contribution in [0, 0.1) is 13.8 Å². The minimum absolute atomic E-state index is 0.00553. The quantitative estimate of drug-likeness (QED) is 0.889. The molecular formula is C21H34N2O2. The Morgan fingerprint density at radius 3 is 1.84 bits per heavy atom. The zero-order valence-corrected chi connectivity index (χ0v) is 16.0. The molecule has 4 heteroatoms. The molecule has 0 aliphatic heterocycles. The van der Waals surface area contributed by atoms with Crippen LogP contribution >= 0.6 is 0 Å². The first kappa shape index (κ1) is 19.7.